The first-order valence-electron chi connectivity index (χ1n) is 8.12. The van der Waals surface area contributed by atoms with E-state index in [9.17, 15) is 0 Å². The van der Waals surface area contributed by atoms with Gasteiger partial charge in [0.15, 0.2) is 5.96 Å². The quantitative estimate of drug-likeness (QED) is 0.539. The Morgan fingerprint density at radius 2 is 2.08 bits per heavy atom. The highest BCUT2D eigenvalue weighted by molar-refractivity contribution is 9.10. The summed E-state index contributed by atoms with van der Waals surface area (Å²) in [4.78, 5) is 11.2. The van der Waals surface area contributed by atoms with Crippen molar-refractivity contribution >= 4 is 32.9 Å². The van der Waals surface area contributed by atoms with E-state index in [1.54, 1.807) is 7.05 Å². The van der Waals surface area contributed by atoms with Crippen LogP contribution in [0.1, 0.15) is 11.5 Å². The fraction of sp³-hybridized carbons (Fsp3) is 0.333. The van der Waals surface area contributed by atoms with Crippen LogP contribution in [-0.2, 0) is 27.2 Å². The summed E-state index contributed by atoms with van der Waals surface area (Å²) in [7, 11) is 7.92. The van der Waals surface area contributed by atoms with Crippen molar-refractivity contribution in [2.24, 2.45) is 19.1 Å². The molecule has 1 aromatic carbocycles. The topological polar surface area (TPSA) is 50.4 Å². The number of halogens is 1. The van der Waals surface area contributed by atoms with E-state index in [1.165, 1.54) is 5.69 Å². The molecule has 132 valence electrons. The molecule has 0 spiro atoms. The Morgan fingerprint density at radius 3 is 2.72 bits per heavy atom. The van der Waals surface area contributed by atoms with Gasteiger partial charge in [0.2, 0.25) is 0 Å². The van der Waals surface area contributed by atoms with Crippen molar-refractivity contribution in [3.63, 3.8) is 0 Å². The third-order valence-corrected chi connectivity index (χ3v) is 4.77. The van der Waals surface area contributed by atoms with Gasteiger partial charge in [0, 0.05) is 44.6 Å². The molecule has 3 rings (SSSR count). The summed E-state index contributed by atoms with van der Waals surface area (Å²) in [6, 6.07) is 10.3. The van der Waals surface area contributed by atoms with Gasteiger partial charge in [-0.25, -0.2) is 4.98 Å². The number of nitrogens with zero attached hydrogens (tertiary/aromatic N) is 5. The van der Waals surface area contributed by atoms with Gasteiger partial charge in [-0.05, 0) is 34.1 Å². The number of benzene rings is 1. The fourth-order valence-corrected chi connectivity index (χ4v) is 3.51. The predicted octanol–water partition coefficient (Wildman–Crippen LogP) is 2.88. The van der Waals surface area contributed by atoms with E-state index < -0.39 is 0 Å². The first-order chi connectivity index (χ1) is 12.0. The third-order valence-electron chi connectivity index (χ3n) is 4.33. The molecule has 0 saturated carbocycles. The van der Waals surface area contributed by atoms with Crippen molar-refractivity contribution in [2.45, 2.75) is 13.1 Å². The minimum atomic E-state index is 0.624. The number of hydrogen-bond donors (Lipinski definition) is 1. The van der Waals surface area contributed by atoms with E-state index in [-0.39, 0.29) is 0 Å². The molecule has 0 atom stereocenters. The molecule has 0 bridgehead atoms. The monoisotopic (exact) mass is 402 g/mol. The van der Waals surface area contributed by atoms with Gasteiger partial charge in [-0.2, -0.15) is 0 Å². The van der Waals surface area contributed by atoms with E-state index in [2.05, 4.69) is 58.6 Å². The average Bonchev–Trinajstić information content (AvgIpc) is 3.07. The van der Waals surface area contributed by atoms with Crippen LogP contribution in [0.3, 0.4) is 0 Å². The average molecular weight is 403 g/mol. The number of hydrogen-bond acceptors (Lipinski definition) is 2. The number of aliphatic imine (C=N–C) groups is 1. The van der Waals surface area contributed by atoms with Crippen LogP contribution >= 0.6 is 15.9 Å². The third kappa shape index (κ3) is 3.71. The minimum Gasteiger partial charge on any atom is -0.352 e. The maximum atomic E-state index is 4.70. The van der Waals surface area contributed by atoms with Crippen molar-refractivity contribution < 1.29 is 0 Å². The molecule has 7 heteroatoms. The Hall–Kier alpha value is -2.28. The van der Waals surface area contributed by atoms with E-state index in [4.69, 9.17) is 4.98 Å². The van der Waals surface area contributed by atoms with Crippen molar-refractivity contribution in [2.75, 3.05) is 14.1 Å². The SMILES string of the molecule is CN=C(NCc1nc2ccccc2n1C)N(C)Cc1cc(Br)cn1C. The van der Waals surface area contributed by atoms with Crippen molar-refractivity contribution in [1.29, 1.82) is 0 Å². The van der Waals surface area contributed by atoms with Gasteiger partial charge in [-0.1, -0.05) is 12.1 Å². The molecule has 0 aliphatic rings. The minimum absolute atomic E-state index is 0.624. The zero-order valence-corrected chi connectivity index (χ0v) is 16.6. The number of rotatable bonds is 4. The number of para-hydroxylation sites is 2. The lowest BCUT2D eigenvalue weighted by Gasteiger charge is -2.22. The zero-order valence-electron chi connectivity index (χ0n) is 15.0. The number of nitrogens with one attached hydrogen (secondary N) is 1. The van der Waals surface area contributed by atoms with Crippen LogP contribution in [0.5, 0.6) is 0 Å². The maximum absolute atomic E-state index is 4.70. The molecule has 3 aromatic rings. The first kappa shape index (κ1) is 17.5. The number of fused-ring (bicyclic) bond motifs is 1. The number of aromatic nitrogens is 3. The van der Waals surface area contributed by atoms with Gasteiger partial charge >= 0.3 is 0 Å². The fourth-order valence-electron chi connectivity index (χ4n) is 2.94. The standard InChI is InChI=1S/C18H23BrN6/c1-20-18(24(3)12-14-9-13(19)11-23(14)2)21-10-17-22-15-7-5-6-8-16(15)25(17)4/h5-9,11H,10,12H2,1-4H3,(H,20,21). The van der Waals surface area contributed by atoms with Crippen LogP contribution in [-0.4, -0.2) is 39.1 Å². The Morgan fingerprint density at radius 1 is 1.32 bits per heavy atom. The highest BCUT2D eigenvalue weighted by Gasteiger charge is 2.12. The highest BCUT2D eigenvalue weighted by Crippen LogP contribution is 2.16. The summed E-state index contributed by atoms with van der Waals surface area (Å²) in [5.41, 5.74) is 3.36. The van der Waals surface area contributed by atoms with E-state index in [1.807, 2.05) is 39.3 Å². The lowest BCUT2D eigenvalue weighted by Crippen LogP contribution is -2.38. The molecule has 1 N–H and O–H groups in total. The number of imidazole rings is 1. The summed E-state index contributed by atoms with van der Waals surface area (Å²) in [6.45, 7) is 1.39. The Bertz CT molecular complexity index is 908. The normalized spacial score (nSPS) is 12.0. The lowest BCUT2D eigenvalue weighted by atomic mass is 10.3. The predicted molar refractivity (Wildman–Crippen MR) is 105 cm³/mol. The van der Waals surface area contributed by atoms with Crippen LogP contribution in [0.4, 0.5) is 0 Å². The molecule has 0 radical (unpaired) electrons. The van der Waals surface area contributed by atoms with Crippen LogP contribution in [0, 0.1) is 0 Å². The van der Waals surface area contributed by atoms with Crippen LogP contribution in [0.2, 0.25) is 0 Å². The van der Waals surface area contributed by atoms with Gasteiger partial charge in [0.05, 0.1) is 24.1 Å². The highest BCUT2D eigenvalue weighted by atomic mass is 79.9. The Kier molecular flexibility index (Phi) is 5.13. The zero-order chi connectivity index (χ0) is 18.0. The summed E-state index contributed by atoms with van der Waals surface area (Å²) in [6.07, 6.45) is 2.05. The van der Waals surface area contributed by atoms with Gasteiger partial charge in [0.1, 0.15) is 5.82 Å². The molecular formula is C18H23BrN6. The van der Waals surface area contributed by atoms with Crippen LogP contribution in [0.15, 0.2) is 46.0 Å². The van der Waals surface area contributed by atoms with E-state index in [0.717, 1.165) is 33.8 Å². The summed E-state index contributed by atoms with van der Waals surface area (Å²) in [5, 5.41) is 3.41. The smallest absolute Gasteiger partial charge is 0.194 e. The lowest BCUT2D eigenvalue weighted by molar-refractivity contribution is 0.460. The summed E-state index contributed by atoms with van der Waals surface area (Å²) in [5.74, 6) is 1.82. The first-order valence-corrected chi connectivity index (χ1v) is 8.91. The van der Waals surface area contributed by atoms with Crippen LogP contribution in [0.25, 0.3) is 11.0 Å². The molecule has 0 fully saturated rings. The molecule has 0 unspecified atom stereocenters. The molecular weight excluding hydrogens is 380 g/mol. The summed E-state index contributed by atoms with van der Waals surface area (Å²) < 4.78 is 5.31. The van der Waals surface area contributed by atoms with Gasteiger partial charge < -0.3 is 19.4 Å². The van der Waals surface area contributed by atoms with Gasteiger partial charge in [-0.15, -0.1) is 0 Å². The molecule has 0 saturated heterocycles. The second-order valence-electron chi connectivity index (χ2n) is 6.09. The molecule has 2 aromatic heterocycles. The molecule has 0 aliphatic carbocycles. The molecule has 0 aliphatic heterocycles. The maximum Gasteiger partial charge on any atom is 0.194 e. The number of aryl methyl sites for hydroxylation is 2. The second-order valence-corrected chi connectivity index (χ2v) is 7.01. The second kappa shape index (κ2) is 7.31. The Labute approximate surface area is 156 Å². The van der Waals surface area contributed by atoms with Crippen molar-refractivity contribution in [3.05, 3.63) is 52.5 Å². The molecule has 6 nitrogen and oxygen atoms in total. The van der Waals surface area contributed by atoms with E-state index >= 15 is 0 Å². The number of guanidine groups is 1. The summed E-state index contributed by atoms with van der Waals surface area (Å²) >= 11 is 3.52. The van der Waals surface area contributed by atoms with Crippen LogP contribution < -0.4 is 5.32 Å². The molecule has 2 heterocycles. The Balaban J connectivity index is 1.69. The van der Waals surface area contributed by atoms with Gasteiger partial charge in [-0.3, -0.25) is 4.99 Å². The van der Waals surface area contributed by atoms with Crippen molar-refractivity contribution in [1.82, 2.24) is 24.3 Å². The largest absolute Gasteiger partial charge is 0.352 e. The van der Waals surface area contributed by atoms with E-state index in [0.29, 0.717) is 6.54 Å². The molecule has 25 heavy (non-hydrogen) atoms. The van der Waals surface area contributed by atoms with Crippen molar-refractivity contribution in [3.8, 4) is 0 Å². The van der Waals surface area contributed by atoms with Gasteiger partial charge in [0.25, 0.3) is 0 Å². The molecule has 0 amide bonds.